The van der Waals surface area contributed by atoms with Gasteiger partial charge in [0.05, 0.1) is 17.7 Å². The van der Waals surface area contributed by atoms with Crippen LogP contribution in [0, 0.1) is 5.92 Å². The molecule has 0 radical (unpaired) electrons. The molecule has 0 atom stereocenters. The molecule has 0 aromatic heterocycles. The first-order chi connectivity index (χ1) is 9.91. The van der Waals surface area contributed by atoms with Gasteiger partial charge in [-0.1, -0.05) is 35.2 Å². The van der Waals surface area contributed by atoms with Crippen molar-refractivity contribution in [3.8, 4) is 5.75 Å². The molecule has 1 aromatic rings. The van der Waals surface area contributed by atoms with Crippen molar-refractivity contribution in [2.75, 3.05) is 6.61 Å². The zero-order valence-corrected chi connectivity index (χ0v) is 13.0. The second kappa shape index (κ2) is 6.81. The van der Waals surface area contributed by atoms with Crippen LogP contribution in [-0.2, 0) is 6.18 Å². The van der Waals surface area contributed by atoms with Crippen LogP contribution in [-0.4, -0.2) is 12.9 Å². The third-order valence-corrected chi connectivity index (χ3v) is 4.16. The molecule has 0 amide bonds. The van der Waals surface area contributed by atoms with Crippen LogP contribution >= 0.6 is 15.9 Å². The van der Waals surface area contributed by atoms with Crippen LogP contribution in [0.25, 0.3) is 0 Å². The number of carbonyl (C=O) groups excluding carboxylic acids is 1. The van der Waals surface area contributed by atoms with Crippen LogP contribution in [0.3, 0.4) is 0 Å². The quantitative estimate of drug-likeness (QED) is 0.682. The Hall–Kier alpha value is -1.04. The lowest BCUT2D eigenvalue weighted by Gasteiger charge is -2.23. The van der Waals surface area contributed by atoms with Gasteiger partial charge in [0, 0.05) is 4.47 Å². The fourth-order valence-electron chi connectivity index (χ4n) is 2.63. The number of alkyl halides is 3. The van der Waals surface area contributed by atoms with Crippen molar-refractivity contribution in [3.63, 3.8) is 0 Å². The molecule has 1 fully saturated rings. The minimum absolute atomic E-state index is 0.0764. The molecule has 6 heteroatoms. The van der Waals surface area contributed by atoms with Gasteiger partial charge >= 0.3 is 6.18 Å². The lowest BCUT2D eigenvalue weighted by molar-refractivity contribution is -0.139. The average molecular weight is 365 g/mol. The molecule has 0 aliphatic heterocycles. The Balaban J connectivity index is 2.25. The average Bonchev–Trinajstić information content (AvgIpc) is 2.45. The number of aldehydes is 1. The first-order valence-corrected chi connectivity index (χ1v) is 7.70. The second-order valence-electron chi connectivity index (χ2n) is 5.30. The largest absolute Gasteiger partial charge is 0.492 e. The first kappa shape index (κ1) is 16.3. The molecule has 0 N–H and O–H groups in total. The Morgan fingerprint density at radius 1 is 1.24 bits per heavy atom. The van der Waals surface area contributed by atoms with E-state index in [1.165, 1.54) is 12.5 Å². The van der Waals surface area contributed by atoms with Gasteiger partial charge in [0.2, 0.25) is 0 Å². The lowest BCUT2D eigenvalue weighted by atomic mass is 9.90. The summed E-state index contributed by atoms with van der Waals surface area (Å²) in [5.74, 6) is -0.0887. The topological polar surface area (TPSA) is 26.3 Å². The van der Waals surface area contributed by atoms with Crippen molar-refractivity contribution in [2.45, 2.75) is 38.3 Å². The van der Waals surface area contributed by atoms with Crippen molar-refractivity contribution in [3.05, 3.63) is 27.7 Å². The Kier molecular flexibility index (Phi) is 5.30. The Bertz CT molecular complexity index is 508. The highest BCUT2D eigenvalue weighted by Crippen LogP contribution is 2.40. The molecular formula is C15H16BrF3O2. The number of halogens is 4. The second-order valence-corrected chi connectivity index (χ2v) is 6.22. The molecular weight excluding hydrogens is 349 g/mol. The molecule has 1 aliphatic carbocycles. The summed E-state index contributed by atoms with van der Waals surface area (Å²) in [6.07, 6.45) is 1.12. The highest BCUT2D eigenvalue weighted by atomic mass is 79.9. The number of hydrogen-bond donors (Lipinski definition) is 0. The molecule has 1 aliphatic rings. The molecule has 0 bridgehead atoms. The molecule has 2 nitrogen and oxygen atoms in total. The summed E-state index contributed by atoms with van der Waals surface area (Å²) in [7, 11) is 0. The molecule has 0 heterocycles. The van der Waals surface area contributed by atoms with Crippen LogP contribution in [0.1, 0.15) is 48.0 Å². The minimum Gasteiger partial charge on any atom is -0.492 e. The van der Waals surface area contributed by atoms with Crippen molar-refractivity contribution in [1.29, 1.82) is 0 Å². The molecule has 1 aromatic carbocycles. The number of hydrogen-bond acceptors (Lipinski definition) is 2. The van der Waals surface area contributed by atoms with Crippen molar-refractivity contribution in [1.82, 2.24) is 0 Å². The first-order valence-electron chi connectivity index (χ1n) is 6.90. The molecule has 0 saturated heterocycles. The van der Waals surface area contributed by atoms with Gasteiger partial charge in [-0.3, -0.25) is 4.79 Å². The molecule has 0 spiro atoms. The maximum atomic E-state index is 13.1. The zero-order chi connectivity index (χ0) is 15.5. The third-order valence-electron chi connectivity index (χ3n) is 3.70. The predicted molar refractivity (Wildman–Crippen MR) is 76.6 cm³/mol. The standard InChI is InChI=1S/C15H16BrF3O2/c16-12-6-11(8-20)14(13(7-12)15(17,18)19)21-9-10-4-2-1-3-5-10/h6-8,10H,1-5,9H2. The Labute approximate surface area is 129 Å². The number of carbonyl (C=O) groups is 1. The highest BCUT2D eigenvalue weighted by Gasteiger charge is 2.36. The predicted octanol–water partition coefficient (Wildman–Crippen LogP) is 5.24. The summed E-state index contributed by atoms with van der Waals surface area (Å²) in [6, 6.07) is 2.29. The summed E-state index contributed by atoms with van der Waals surface area (Å²) in [5, 5.41) is 0. The van der Waals surface area contributed by atoms with E-state index in [0.717, 1.165) is 31.7 Å². The van der Waals surface area contributed by atoms with Gasteiger partial charge in [-0.15, -0.1) is 0 Å². The monoisotopic (exact) mass is 364 g/mol. The van der Waals surface area contributed by atoms with Gasteiger partial charge in [-0.05, 0) is 30.9 Å². The Morgan fingerprint density at radius 2 is 1.90 bits per heavy atom. The Morgan fingerprint density at radius 3 is 2.48 bits per heavy atom. The number of ether oxygens (including phenoxy) is 1. The summed E-state index contributed by atoms with van der Waals surface area (Å²) >= 11 is 2.99. The van der Waals surface area contributed by atoms with E-state index in [0.29, 0.717) is 6.29 Å². The fraction of sp³-hybridized carbons (Fsp3) is 0.533. The van der Waals surface area contributed by atoms with E-state index in [1.54, 1.807) is 0 Å². The molecule has 116 valence electrons. The smallest absolute Gasteiger partial charge is 0.420 e. The normalized spacial score (nSPS) is 16.8. The SMILES string of the molecule is O=Cc1cc(Br)cc(C(F)(F)F)c1OCC1CCCCC1. The molecule has 1 saturated carbocycles. The summed E-state index contributed by atoms with van der Waals surface area (Å²) in [4.78, 5) is 11.0. The highest BCUT2D eigenvalue weighted by molar-refractivity contribution is 9.10. The van der Waals surface area contributed by atoms with E-state index < -0.39 is 11.7 Å². The summed E-state index contributed by atoms with van der Waals surface area (Å²) < 4.78 is 44.9. The van der Waals surface area contributed by atoms with E-state index in [2.05, 4.69) is 15.9 Å². The van der Waals surface area contributed by atoms with Gasteiger partial charge in [-0.25, -0.2) is 0 Å². The van der Waals surface area contributed by atoms with Crippen LogP contribution < -0.4 is 4.74 Å². The van der Waals surface area contributed by atoms with Crippen LogP contribution in [0.15, 0.2) is 16.6 Å². The maximum Gasteiger partial charge on any atom is 0.420 e. The number of benzene rings is 1. The number of rotatable bonds is 4. The molecule has 2 rings (SSSR count). The molecule has 21 heavy (non-hydrogen) atoms. The maximum absolute atomic E-state index is 13.1. The third kappa shape index (κ3) is 4.22. The van der Waals surface area contributed by atoms with Gasteiger partial charge in [-0.2, -0.15) is 13.2 Å². The van der Waals surface area contributed by atoms with E-state index in [-0.39, 0.29) is 28.3 Å². The van der Waals surface area contributed by atoms with Gasteiger partial charge in [0.25, 0.3) is 0 Å². The lowest BCUT2D eigenvalue weighted by Crippen LogP contribution is -2.18. The van der Waals surface area contributed by atoms with Crippen molar-refractivity contribution in [2.24, 2.45) is 5.92 Å². The van der Waals surface area contributed by atoms with E-state index in [4.69, 9.17) is 4.74 Å². The van der Waals surface area contributed by atoms with Crippen molar-refractivity contribution < 1.29 is 22.7 Å². The van der Waals surface area contributed by atoms with Gasteiger partial charge in [0.15, 0.2) is 6.29 Å². The fourth-order valence-corrected chi connectivity index (χ4v) is 3.10. The van der Waals surface area contributed by atoms with Crippen LogP contribution in [0.4, 0.5) is 13.2 Å². The van der Waals surface area contributed by atoms with Gasteiger partial charge < -0.3 is 4.74 Å². The van der Waals surface area contributed by atoms with Crippen LogP contribution in [0.5, 0.6) is 5.75 Å². The molecule has 0 unspecified atom stereocenters. The van der Waals surface area contributed by atoms with Crippen LogP contribution in [0.2, 0.25) is 0 Å². The minimum atomic E-state index is -4.55. The van der Waals surface area contributed by atoms with Gasteiger partial charge in [0.1, 0.15) is 5.75 Å². The zero-order valence-electron chi connectivity index (χ0n) is 11.4. The van der Waals surface area contributed by atoms with E-state index in [1.807, 2.05) is 0 Å². The van der Waals surface area contributed by atoms with E-state index in [9.17, 15) is 18.0 Å². The summed E-state index contributed by atoms with van der Waals surface area (Å²) in [6.45, 7) is 0.228. The van der Waals surface area contributed by atoms with Crippen molar-refractivity contribution >= 4 is 22.2 Å². The summed E-state index contributed by atoms with van der Waals surface area (Å²) in [5.41, 5.74) is -0.984. The van der Waals surface area contributed by atoms with E-state index >= 15 is 0 Å².